The number of hydrogen-bond donors (Lipinski definition) is 2. The van der Waals surface area contributed by atoms with Gasteiger partial charge in [0.25, 0.3) is 0 Å². The van der Waals surface area contributed by atoms with E-state index < -0.39 is 0 Å². The number of tetrazole rings is 1. The number of aromatic nitrogens is 4. The number of rotatable bonds is 1. The van der Waals surface area contributed by atoms with E-state index in [1.165, 1.54) is 0 Å². The molecule has 6 heteroatoms. The molecule has 0 amide bonds. The average molecular weight is 150 g/mol. The third kappa shape index (κ3) is 1.32. The fraction of sp³-hybridized carbons (Fsp3) is 0.200. The van der Waals surface area contributed by atoms with Crippen molar-refractivity contribution in [2.24, 2.45) is 5.73 Å². The lowest BCUT2D eigenvalue weighted by Gasteiger charge is -1.91. The molecule has 0 aliphatic rings. The van der Waals surface area contributed by atoms with Crippen LogP contribution in [0, 0.1) is 11.3 Å². The van der Waals surface area contributed by atoms with Gasteiger partial charge in [0.2, 0.25) is 5.82 Å². The van der Waals surface area contributed by atoms with Crippen molar-refractivity contribution < 1.29 is 0 Å². The lowest BCUT2D eigenvalue weighted by Crippen LogP contribution is -1.97. The first-order valence-electron chi connectivity index (χ1n) is 2.86. The molecule has 0 aromatic carbocycles. The van der Waals surface area contributed by atoms with Gasteiger partial charge in [0.15, 0.2) is 0 Å². The molecule has 0 fully saturated rings. The average Bonchev–Trinajstić information content (AvgIpc) is 2.40. The van der Waals surface area contributed by atoms with Gasteiger partial charge in [-0.3, -0.25) is 0 Å². The van der Waals surface area contributed by atoms with Crippen LogP contribution in [0.4, 0.5) is 0 Å². The zero-order chi connectivity index (χ0) is 8.27. The maximum absolute atomic E-state index is 8.56. The molecule has 1 aromatic heterocycles. The first kappa shape index (κ1) is 7.21. The second-order valence-electron chi connectivity index (χ2n) is 1.91. The number of aromatic amines is 1. The van der Waals surface area contributed by atoms with Crippen LogP contribution in [-0.2, 0) is 0 Å². The van der Waals surface area contributed by atoms with E-state index in [1.54, 1.807) is 6.92 Å². The molecule has 6 nitrogen and oxygen atoms in total. The summed E-state index contributed by atoms with van der Waals surface area (Å²) in [5, 5.41) is 21.3. The van der Waals surface area contributed by atoms with E-state index in [0.29, 0.717) is 5.70 Å². The van der Waals surface area contributed by atoms with Crippen molar-refractivity contribution >= 4 is 5.57 Å². The molecule has 0 bridgehead atoms. The summed E-state index contributed by atoms with van der Waals surface area (Å²) >= 11 is 0. The summed E-state index contributed by atoms with van der Waals surface area (Å²) in [5.41, 5.74) is 6.01. The fourth-order valence-corrected chi connectivity index (χ4v) is 0.582. The maximum Gasteiger partial charge on any atom is 0.216 e. The van der Waals surface area contributed by atoms with Crippen molar-refractivity contribution in [3.8, 4) is 6.07 Å². The second kappa shape index (κ2) is 2.79. The molecule has 0 spiro atoms. The quantitative estimate of drug-likeness (QED) is 0.521. The van der Waals surface area contributed by atoms with E-state index in [2.05, 4.69) is 20.6 Å². The van der Waals surface area contributed by atoms with Crippen molar-refractivity contribution in [2.75, 3.05) is 0 Å². The Kier molecular flexibility index (Phi) is 1.83. The van der Waals surface area contributed by atoms with E-state index in [4.69, 9.17) is 11.0 Å². The third-order valence-electron chi connectivity index (χ3n) is 1.08. The summed E-state index contributed by atoms with van der Waals surface area (Å²) in [6.07, 6.45) is 0. The van der Waals surface area contributed by atoms with Gasteiger partial charge in [-0.25, -0.2) is 0 Å². The van der Waals surface area contributed by atoms with Crippen LogP contribution in [0.15, 0.2) is 5.70 Å². The number of nitriles is 1. The van der Waals surface area contributed by atoms with Crippen molar-refractivity contribution in [1.29, 1.82) is 5.26 Å². The van der Waals surface area contributed by atoms with Gasteiger partial charge in [0.1, 0.15) is 11.6 Å². The number of nitrogens with one attached hydrogen (secondary N) is 1. The fourth-order valence-electron chi connectivity index (χ4n) is 0.582. The molecular weight excluding hydrogens is 144 g/mol. The predicted octanol–water partition coefficient (Wildman–Crippen LogP) is -0.587. The Morgan fingerprint density at radius 1 is 1.73 bits per heavy atom. The minimum atomic E-state index is 0.229. The predicted molar refractivity (Wildman–Crippen MR) is 36.6 cm³/mol. The first-order valence-corrected chi connectivity index (χ1v) is 2.86. The number of H-pyrrole nitrogens is 1. The van der Waals surface area contributed by atoms with Gasteiger partial charge in [-0.1, -0.05) is 0 Å². The van der Waals surface area contributed by atoms with E-state index >= 15 is 0 Å². The van der Waals surface area contributed by atoms with Crippen molar-refractivity contribution in [2.45, 2.75) is 6.92 Å². The SMILES string of the molecule is C/C(N)=C(/C#N)c1nn[nH]n1. The number of hydrogen-bond acceptors (Lipinski definition) is 5. The highest BCUT2D eigenvalue weighted by molar-refractivity contribution is 5.73. The van der Waals surface area contributed by atoms with Crippen LogP contribution in [0.3, 0.4) is 0 Å². The highest BCUT2D eigenvalue weighted by Gasteiger charge is 2.06. The van der Waals surface area contributed by atoms with Gasteiger partial charge in [0.05, 0.1) is 0 Å². The molecule has 0 saturated carbocycles. The Labute approximate surface area is 62.7 Å². The Bertz CT molecular complexity index is 298. The maximum atomic E-state index is 8.56. The number of nitrogens with zero attached hydrogens (tertiary/aromatic N) is 4. The van der Waals surface area contributed by atoms with Crippen LogP contribution in [0.1, 0.15) is 12.7 Å². The van der Waals surface area contributed by atoms with Crippen molar-refractivity contribution in [3.63, 3.8) is 0 Å². The Balaban J connectivity index is 3.12. The van der Waals surface area contributed by atoms with Crippen molar-refractivity contribution in [3.05, 3.63) is 11.5 Å². The minimum Gasteiger partial charge on any atom is -0.401 e. The topological polar surface area (TPSA) is 104 Å². The number of nitrogens with two attached hydrogens (primary N) is 1. The molecule has 0 radical (unpaired) electrons. The molecule has 0 aliphatic carbocycles. The third-order valence-corrected chi connectivity index (χ3v) is 1.08. The lowest BCUT2D eigenvalue weighted by molar-refractivity contribution is 0.881. The molecule has 1 aromatic rings. The molecule has 56 valence electrons. The normalized spacial score (nSPS) is 12.0. The molecule has 3 N–H and O–H groups in total. The second-order valence-corrected chi connectivity index (χ2v) is 1.91. The Morgan fingerprint density at radius 3 is 2.82 bits per heavy atom. The summed E-state index contributed by atoms with van der Waals surface area (Å²) in [5.74, 6) is 0.229. The summed E-state index contributed by atoms with van der Waals surface area (Å²) in [7, 11) is 0. The van der Waals surface area contributed by atoms with E-state index in [-0.39, 0.29) is 11.4 Å². The molecule has 1 rings (SSSR count). The van der Waals surface area contributed by atoms with Gasteiger partial charge in [-0.05, 0) is 12.1 Å². The Hall–Kier alpha value is -1.90. The molecule has 1 heterocycles. The van der Waals surface area contributed by atoms with Gasteiger partial charge >= 0.3 is 0 Å². The van der Waals surface area contributed by atoms with Gasteiger partial charge in [0, 0.05) is 5.70 Å². The van der Waals surface area contributed by atoms with E-state index in [0.717, 1.165) is 0 Å². The zero-order valence-electron chi connectivity index (χ0n) is 5.87. The zero-order valence-corrected chi connectivity index (χ0v) is 5.87. The molecule has 0 atom stereocenters. The van der Waals surface area contributed by atoms with Crippen LogP contribution in [0.2, 0.25) is 0 Å². The van der Waals surface area contributed by atoms with Crippen LogP contribution in [0.25, 0.3) is 5.57 Å². The van der Waals surface area contributed by atoms with E-state index in [1.807, 2.05) is 6.07 Å². The monoisotopic (exact) mass is 150 g/mol. The summed E-state index contributed by atoms with van der Waals surface area (Å²) in [4.78, 5) is 0. The molecule has 11 heavy (non-hydrogen) atoms. The smallest absolute Gasteiger partial charge is 0.216 e. The standard InChI is InChI=1S/C5H6N6/c1-3(7)4(2-6)5-8-10-11-9-5/h7H2,1H3,(H,8,9,10,11)/b4-3+. The largest absolute Gasteiger partial charge is 0.401 e. The minimum absolute atomic E-state index is 0.229. The summed E-state index contributed by atoms with van der Waals surface area (Å²) in [6, 6.07) is 1.87. The van der Waals surface area contributed by atoms with Gasteiger partial charge in [-0.15, -0.1) is 10.2 Å². The summed E-state index contributed by atoms with van der Waals surface area (Å²) < 4.78 is 0. The molecule has 0 unspecified atom stereocenters. The van der Waals surface area contributed by atoms with Crippen LogP contribution >= 0.6 is 0 Å². The Morgan fingerprint density at radius 2 is 2.45 bits per heavy atom. The van der Waals surface area contributed by atoms with Crippen LogP contribution < -0.4 is 5.73 Å². The van der Waals surface area contributed by atoms with Crippen LogP contribution in [-0.4, -0.2) is 20.6 Å². The summed E-state index contributed by atoms with van der Waals surface area (Å²) in [6.45, 7) is 1.61. The highest BCUT2D eigenvalue weighted by atomic mass is 15.5. The number of allylic oxidation sites excluding steroid dienone is 2. The molecule has 0 aliphatic heterocycles. The van der Waals surface area contributed by atoms with Gasteiger partial charge in [-0.2, -0.15) is 10.5 Å². The first-order chi connectivity index (χ1) is 5.25. The highest BCUT2D eigenvalue weighted by Crippen LogP contribution is 2.07. The van der Waals surface area contributed by atoms with Crippen LogP contribution in [0.5, 0.6) is 0 Å². The van der Waals surface area contributed by atoms with Gasteiger partial charge < -0.3 is 5.73 Å². The van der Waals surface area contributed by atoms with Crippen molar-refractivity contribution in [1.82, 2.24) is 20.6 Å². The molecular formula is C5H6N6. The molecule has 0 saturated heterocycles. The van der Waals surface area contributed by atoms with E-state index in [9.17, 15) is 0 Å². The lowest BCUT2D eigenvalue weighted by atomic mass is 10.2.